The number of hydrogen-bond donors (Lipinski definition) is 2. The van der Waals surface area contributed by atoms with E-state index < -0.39 is 5.82 Å². The lowest BCUT2D eigenvalue weighted by Crippen LogP contribution is -2.17. The molecule has 2 heterocycles. The van der Waals surface area contributed by atoms with Crippen molar-refractivity contribution >= 4 is 17.3 Å². The van der Waals surface area contributed by atoms with Crippen LogP contribution < -0.4 is 10.2 Å². The summed E-state index contributed by atoms with van der Waals surface area (Å²) in [5, 5.41) is 14.8. The molecule has 124 valence electrons. The Balaban J connectivity index is 1.65. The van der Waals surface area contributed by atoms with Gasteiger partial charge in [-0.3, -0.25) is 0 Å². The van der Waals surface area contributed by atoms with E-state index in [0.29, 0.717) is 29.3 Å². The van der Waals surface area contributed by atoms with E-state index in [0.717, 1.165) is 16.9 Å². The van der Waals surface area contributed by atoms with Crippen molar-refractivity contribution in [2.24, 2.45) is 5.10 Å². The number of phenols is 1. The summed E-state index contributed by atoms with van der Waals surface area (Å²) in [7, 11) is 0. The molecule has 0 saturated carbocycles. The molecular weight excluding hydrogens is 335 g/mol. The van der Waals surface area contributed by atoms with Gasteiger partial charge in [0, 0.05) is 28.1 Å². The van der Waals surface area contributed by atoms with Crippen LogP contribution in [0.5, 0.6) is 11.5 Å². The highest BCUT2D eigenvalue weighted by Gasteiger charge is 2.28. The zero-order valence-corrected chi connectivity index (χ0v) is 13.3. The van der Waals surface area contributed by atoms with Crippen molar-refractivity contribution in [1.29, 1.82) is 0 Å². The Morgan fingerprint density at radius 3 is 3.04 bits per heavy atom. The van der Waals surface area contributed by atoms with Crippen LogP contribution in [0.2, 0.25) is 5.02 Å². The van der Waals surface area contributed by atoms with E-state index in [1.165, 1.54) is 18.2 Å². The van der Waals surface area contributed by atoms with E-state index in [1.807, 2.05) is 12.1 Å². The molecule has 24 heavy (non-hydrogen) atoms. The molecule has 0 radical (unpaired) electrons. The number of nitrogens with zero attached hydrogens (tertiary/aromatic N) is 1. The fourth-order valence-electron chi connectivity index (χ4n) is 3.00. The third kappa shape index (κ3) is 2.68. The predicted molar refractivity (Wildman–Crippen MR) is 86.8 cm³/mol. The number of fused-ring (bicyclic) bond motifs is 1. The first-order valence-electron chi connectivity index (χ1n) is 7.45. The first kappa shape index (κ1) is 15.2. The number of hydrogen-bond acceptors (Lipinski definition) is 5. The van der Waals surface area contributed by atoms with Crippen LogP contribution in [-0.4, -0.2) is 17.6 Å². The largest absolute Gasteiger partial charge is 0.507 e. The molecule has 0 fully saturated rings. The minimum Gasteiger partial charge on any atom is -0.507 e. The lowest BCUT2D eigenvalue weighted by atomic mass is 9.96. The number of aromatic hydroxyl groups is 1. The third-order valence-corrected chi connectivity index (χ3v) is 4.32. The highest BCUT2D eigenvalue weighted by Crippen LogP contribution is 2.38. The van der Waals surface area contributed by atoms with Crippen molar-refractivity contribution in [1.82, 2.24) is 5.43 Å². The Kier molecular flexibility index (Phi) is 3.78. The Hall–Kier alpha value is -2.31. The Morgan fingerprint density at radius 1 is 1.29 bits per heavy atom. The number of halogens is 2. The highest BCUT2D eigenvalue weighted by atomic mass is 35.5. The molecule has 0 saturated heterocycles. The maximum Gasteiger partial charge on any atom is 0.189 e. The van der Waals surface area contributed by atoms with Crippen LogP contribution >= 0.6 is 11.6 Å². The van der Waals surface area contributed by atoms with E-state index in [1.54, 1.807) is 0 Å². The van der Waals surface area contributed by atoms with E-state index in [4.69, 9.17) is 21.1 Å². The van der Waals surface area contributed by atoms with Gasteiger partial charge in [-0.1, -0.05) is 11.6 Å². The second-order valence-electron chi connectivity index (χ2n) is 5.70. The summed E-state index contributed by atoms with van der Waals surface area (Å²) >= 11 is 6.19. The van der Waals surface area contributed by atoms with Gasteiger partial charge in [0.05, 0.1) is 18.4 Å². The van der Waals surface area contributed by atoms with Crippen LogP contribution in [0.25, 0.3) is 0 Å². The number of hydrazone groups is 1. The molecule has 4 rings (SSSR count). The van der Waals surface area contributed by atoms with Crippen molar-refractivity contribution < 1.29 is 19.0 Å². The van der Waals surface area contributed by atoms with E-state index in [2.05, 4.69) is 10.5 Å². The van der Waals surface area contributed by atoms with Crippen LogP contribution in [0.15, 0.2) is 35.4 Å². The average Bonchev–Trinajstić information content (AvgIpc) is 3.06. The lowest BCUT2D eigenvalue weighted by molar-refractivity contribution is -0.0173. The minimum atomic E-state index is -0.422. The lowest BCUT2D eigenvalue weighted by Gasteiger charge is -2.23. The van der Waals surface area contributed by atoms with Crippen LogP contribution in [-0.2, 0) is 11.3 Å². The van der Waals surface area contributed by atoms with Crippen molar-refractivity contribution in [3.8, 4) is 11.5 Å². The number of ether oxygens (including phenoxy) is 2. The Bertz CT molecular complexity index is 841. The summed E-state index contributed by atoms with van der Waals surface area (Å²) in [6.07, 6.45) is 0.480. The Labute approximate surface area is 142 Å². The maximum atomic E-state index is 13.5. The molecule has 2 aliphatic rings. The van der Waals surface area contributed by atoms with Crippen molar-refractivity contribution in [2.75, 3.05) is 6.79 Å². The van der Waals surface area contributed by atoms with E-state index in [-0.39, 0.29) is 18.6 Å². The molecule has 0 aliphatic carbocycles. The van der Waals surface area contributed by atoms with Gasteiger partial charge in [-0.15, -0.1) is 0 Å². The molecule has 2 aromatic rings. The minimum absolute atomic E-state index is 0.00428. The molecule has 0 unspecified atom stereocenters. The predicted octanol–water partition coefficient (Wildman–Crippen LogP) is 3.49. The second-order valence-corrected chi connectivity index (χ2v) is 6.14. The maximum absolute atomic E-state index is 13.5. The molecule has 2 aromatic carbocycles. The smallest absolute Gasteiger partial charge is 0.189 e. The van der Waals surface area contributed by atoms with Gasteiger partial charge >= 0.3 is 0 Å². The van der Waals surface area contributed by atoms with E-state index in [9.17, 15) is 9.50 Å². The van der Waals surface area contributed by atoms with Gasteiger partial charge in [0.25, 0.3) is 0 Å². The topological polar surface area (TPSA) is 63.1 Å². The third-order valence-electron chi connectivity index (χ3n) is 4.10. The molecule has 7 heteroatoms. The second kappa shape index (κ2) is 5.96. The van der Waals surface area contributed by atoms with Crippen molar-refractivity contribution in [3.05, 3.63) is 57.9 Å². The first-order valence-corrected chi connectivity index (χ1v) is 7.83. The molecule has 0 spiro atoms. The number of phenolic OH excluding ortho intramolecular Hbond substituents is 1. The van der Waals surface area contributed by atoms with E-state index >= 15 is 0 Å². The van der Waals surface area contributed by atoms with Gasteiger partial charge < -0.3 is 20.0 Å². The monoisotopic (exact) mass is 348 g/mol. The number of nitrogens with one attached hydrogen (secondary N) is 1. The quantitative estimate of drug-likeness (QED) is 0.872. The molecule has 2 aliphatic heterocycles. The standard InChI is InChI=1S/C17H14ClFN2O3/c18-10-3-9-7-23-8-24-17(9)13(4-10)15-6-14(20-21-15)12-5-11(19)1-2-16(12)22/h1-5,15,21-22H,6-8H2/t15-/m0/s1. The van der Waals surface area contributed by atoms with Gasteiger partial charge in [-0.25, -0.2) is 4.39 Å². The zero-order valence-electron chi connectivity index (χ0n) is 12.6. The van der Waals surface area contributed by atoms with Crippen LogP contribution in [0.4, 0.5) is 4.39 Å². The molecule has 0 amide bonds. The SMILES string of the molecule is Oc1ccc(F)cc1C1=NN[C@H](c2cc(Cl)cc3c2OCOC3)C1. The molecular formula is C17H14ClFN2O3. The van der Waals surface area contributed by atoms with Gasteiger partial charge in [0.1, 0.15) is 17.3 Å². The summed E-state index contributed by atoms with van der Waals surface area (Å²) in [6.45, 7) is 0.626. The molecule has 0 bridgehead atoms. The van der Waals surface area contributed by atoms with Crippen LogP contribution in [0.1, 0.15) is 29.2 Å². The van der Waals surface area contributed by atoms with Crippen molar-refractivity contribution in [2.45, 2.75) is 19.1 Å². The molecule has 2 N–H and O–H groups in total. The summed E-state index contributed by atoms with van der Waals surface area (Å²) in [6, 6.07) is 7.27. The summed E-state index contributed by atoms with van der Waals surface area (Å²) in [5.41, 5.74) is 5.73. The average molecular weight is 349 g/mol. The highest BCUT2D eigenvalue weighted by molar-refractivity contribution is 6.30. The van der Waals surface area contributed by atoms with Gasteiger partial charge in [0.15, 0.2) is 6.79 Å². The molecule has 5 nitrogen and oxygen atoms in total. The normalized spacial score (nSPS) is 19.2. The molecule has 0 aromatic heterocycles. The van der Waals surface area contributed by atoms with Crippen LogP contribution in [0.3, 0.4) is 0 Å². The van der Waals surface area contributed by atoms with Crippen molar-refractivity contribution in [3.63, 3.8) is 0 Å². The fourth-order valence-corrected chi connectivity index (χ4v) is 3.25. The molecule has 1 atom stereocenters. The first-order chi connectivity index (χ1) is 11.6. The summed E-state index contributed by atoms with van der Waals surface area (Å²) < 4.78 is 24.4. The summed E-state index contributed by atoms with van der Waals surface area (Å²) in [4.78, 5) is 0. The van der Waals surface area contributed by atoms with Gasteiger partial charge in [-0.2, -0.15) is 5.10 Å². The van der Waals surface area contributed by atoms with Gasteiger partial charge in [0.2, 0.25) is 0 Å². The number of benzene rings is 2. The number of rotatable bonds is 2. The summed E-state index contributed by atoms with van der Waals surface area (Å²) in [5.74, 6) is 0.313. The van der Waals surface area contributed by atoms with Crippen LogP contribution in [0, 0.1) is 5.82 Å². The zero-order chi connectivity index (χ0) is 16.7. The Morgan fingerprint density at radius 2 is 2.17 bits per heavy atom. The van der Waals surface area contributed by atoms with Gasteiger partial charge in [-0.05, 0) is 30.3 Å². The fraction of sp³-hybridized carbons (Fsp3) is 0.235.